The monoisotopic (exact) mass is 386 g/mol. The number of ether oxygens (including phenoxy) is 1. The van der Waals surface area contributed by atoms with E-state index >= 15 is 0 Å². The molecular formula is C16H19ClN2O5S. The third-order valence-electron chi connectivity index (χ3n) is 3.04. The second-order valence-electron chi connectivity index (χ2n) is 5.39. The van der Waals surface area contributed by atoms with Crippen molar-refractivity contribution in [2.75, 3.05) is 13.2 Å². The summed E-state index contributed by atoms with van der Waals surface area (Å²) in [6.07, 6.45) is 5.00. The number of esters is 1. The van der Waals surface area contributed by atoms with E-state index in [0.29, 0.717) is 0 Å². The van der Waals surface area contributed by atoms with Gasteiger partial charge in [0, 0.05) is 5.02 Å². The summed E-state index contributed by atoms with van der Waals surface area (Å²) in [5.74, 6) is 0.357. The summed E-state index contributed by atoms with van der Waals surface area (Å²) < 4.78 is 31.9. The molecule has 0 unspecified atom stereocenters. The molecule has 1 amide bonds. The number of carbonyl (C=O) groups excluding carboxylic acids is 2. The second-order valence-corrected chi connectivity index (χ2v) is 7.54. The molecule has 0 bridgehead atoms. The van der Waals surface area contributed by atoms with Gasteiger partial charge in [-0.2, -0.15) is 4.72 Å². The third-order valence-corrected chi connectivity index (χ3v) is 4.72. The molecule has 9 heteroatoms. The molecule has 0 fully saturated rings. The highest BCUT2D eigenvalue weighted by Crippen LogP contribution is 2.17. The van der Waals surface area contributed by atoms with E-state index in [1.807, 2.05) is 0 Å². The van der Waals surface area contributed by atoms with Crippen LogP contribution in [0.5, 0.6) is 0 Å². The fraction of sp³-hybridized carbons (Fsp3) is 0.375. The number of benzene rings is 1. The first kappa shape index (κ1) is 21.0. The Morgan fingerprint density at radius 2 is 2.04 bits per heavy atom. The molecule has 0 aliphatic heterocycles. The molecule has 1 rings (SSSR count). The number of sulfonamides is 1. The van der Waals surface area contributed by atoms with E-state index < -0.39 is 40.5 Å². The van der Waals surface area contributed by atoms with Crippen molar-refractivity contribution in [3.8, 4) is 12.3 Å². The van der Waals surface area contributed by atoms with E-state index in [9.17, 15) is 18.0 Å². The van der Waals surface area contributed by atoms with Crippen LogP contribution >= 0.6 is 11.6 Å². The van der Waals surface area contributed by atoms with Crippen LogP contribution in [0.2, 0.25) is 5.02 Å². The molecule has 1 aromatic carbocycles. The normalized spacial score (nSPS) is 12.3. The van der Waals surface area contributed by atoms with Gasteiger partial charge in [0.15, 0.2) is 6.61 Å². The molecule has 0 saturated heterocycles. The zero-order valence-corrected chi connectivity index (χ0v) is 15.4. The predicted octanol–water partition coefficient (Wildman–Crippen LogP) is 0.935. The van der Waals surface area contributed by atoms with Crippen molar-refractivity contribution in [2.45, 2.75) is 24.8 Å². The largest absolute Gasteiger partial charge is 0.454 e. The van der Waals surface area contributed by atoms with Crippen molar-refractivity contribution >= 4 is 33.5 Å². The van der Waals surface area contributed by atoms with Gasteiger partial charge < -0.3 is 10.1 Å². The minimum Gasteiger partial charge on any atom is -0.454 e. The van der Waals surface area contributed by atoms with Crippen molar-refractivity contribution in [1.29, 1.82) is 0 Å². The van der Waals surface area contributed by atoms with Gasteiger partial charge in [-0.05, 0) is 24.1 Å². The van der Waals surface area contributed by atoms with Crippen molar-refractivity contribution in [1.82, 2.24) is 10.0 Å². The fourth-order valence-electron chi connectivity index (χ4n) is 1.75. The van der Waals surface area contributed by atoms with Crippen molar-refractivity contribution in [3.05, 3.63) is 29.3 Å². The lowest BCUT2D eigenvalue weighted by molar-refractivity contribution is -0.151. The standard InChI is InChI=1S/C16H19ClN2O5S/c1-4-8-18-14(20)10-24-16(21)15(11(2)3)19-25(22,23)13-7-5-6-12(17)9-13/h1,5-7,9,11,15,19H,8,10H2,2-3H3,(H,18,20)/t15-/m1/s1. The highest BCUT2D eigenvalue weighted by Gasteiger charge is 2.30. The number of halogens is 1. The third kappa shape index (κ3) is 6.74. The molecule has 1 atom stereocenters. The van der Waals surface area contributed by atoms with Crippen LogP contribution in [0.25, 0.3) is 0 Å². The van der Waals surface area contributed by atoms with E-state index in [4.69, 9.17) is 22.8 Å². The Labute approximate surface area is 152 Å². The Hall–Kier alpha value is -2.08. The maximum absolute atomic E-state index is 12.4. The molecule has 0 spiro atoms. The minimum absolute atomic E-state index is 0.00535. The van der Waals surface area contributed by atoms with Crippen molar-refractivity contribution in [3.63, 3.8) is 0 Å². The zero-order valence-electron chi connectivity index (χ0n) is 13.8. The van der Waals surface area contributed by atoms with Gasteiger partial charge in [-0.25, -0.2) is 8.42 Å². The van der Waals surface area contributed by atoms with Gasteiger partial charge >= 0.3 is 5.97 Å². The quantitative estimate of drug-likeness (QED) is 0.511. The van der Waals surface area contributed by atoms with E-state index in [1.165, 1.54) is 24.3 Å². The summed E-state index contributed by atoms with van der Waals surface area (Å²) in [6, 6.07) is 4.47. The summed E-state index contributed by atoms with van der Waals surface area (Å²) in [5.41, 5.74) is 0. The molecule has 1 aromatic rings. The Kier molecular flexibility index (Phi) is 7.90. The molecule has 0 radical (unpaired) electrons. The number of carbonyl (C=O) groups is 2. The molecule has 7 nitrogen and oxygen atoms in total. The number of hydrogen-bond donors (Lipinski definition) is 2. The van der Waals surface area contributed by atoms with Gasteiger partial charge in [-0.3, -0.25) is 9.59 Å². The molecule has 0 heterocycles. The maximum atomic E-state index is 12.4. The van der Waals surface area contributed by atoms with Crippen LogP contribution in [-0.2, 0) is 24.3 Å². The zero-order chi connectivity index (χ0) is 19.0. The lowest BCUT2D eigenvalue weighted by Gasteiger charge is -2.20. The Morgan fingerprint density at radius 3 is 2.60 bits per heavy atom. The first-order chi connectivity index (χ1) is 11.7. The average molecular weight is 387 g/mol. The Morgan fingerprint density at radius 1 is 1.36 bits per heavy atom. The average Bonchev–Trinajstić information content (AvgIpc) is 2.55. The van der Waals surface area contributed by atoms with Gasteiger partial charge in [-0.1, -0.05) is 37.4 Å². The topological polar surface area (TPSA) is 102 Å². The molecule has 136 valence electrons. The van der Waals surface area contributed by atoms with Gasteiger partial charge in [0.2, 0.25) is 10.0 Å². The van der Waals surface area contributed by atoms with E-state index in [1.54, 1.807) is 13.8 Å². The van der Waals surface area contributed by atoms with E-state index in [0.717, 1.165) is 0 Å². The molecule has 0 aliphatic rings. The second kappa shape index (κ2) is 9.42. The number of hydrogen-bond acceptors (Lipinski definition) is 5. The molecule has 2 N–H and O–H groups in total. The van der Waals surface area contributed by atoms with E-state index in [-0.39, 0.29) is 16.5 Å². The number of rotatable bonds is 8. The van der Waals surface area contributed by atoms with Gasteiger partial charge in [0.25, 0.3) is 5.91 Å². The van der Waals surface area contributed by atoms with Crippen LogP contribution in [-0.4, -0.2) is 39.5 Å². The van der Waals surface area contributed by atoms with Gasteiger partial charge in [0.05, 0.1) is 11.4 Å². The maximum Gasteiger partial charge on any atom is 0.324 e. The summed E-state index contributed by atoms with van der Waals surface area (Å²) in [4.78, 5) is 23.5. The summed E-state index contributed by atoms with van der Waals surface area (Å²) in [6.45, 7) is 2.74. The lowest BCUT2D eigenvalue weighted by Crippen LogP contribution is -2.46. The van der Waals surface area contributed by atoms with Gasteiger partial charge in [0.1, 0.15) is 6.04 Å². The van der Waals surface area contributed by atoms with Crippen LogP contribution in [0, 0.1) is 18.3 Å². The summed E-state index contributed by atoms with van der Waals surface area (Å²) >= 11 is 5.80. The first-order valence-corrected chi connectivity index (χ1v) is 9.18. The lowest BCUT2D eigenvalue weighted by atomic mass is 10.1. The SMILES string of the molecule is C#CCNC(=O)COC(=O)[C@H](NS(=O)(=O)c1cccc(Cl)c1)C(C)C. The summed E-state index contributed by atoms with van der Waals surface area (Å²) in [5, 5.41) is 2.58. The first-order valence-electron chi connectivity index (χ1n) is 7.32. The van der Waals surface area contributed by atoms with E-state index in [2.05, 4.69) is 16.0 Å². The van der Waals surface area contributed by atoms with Crippen LogP contribution in [0.3, 0.4) is 0 Å². The highest BCUT2D eigenvalue weighted by atomic mass is 35.5. The number of terminal acetylenes is 1. The fourth-order valence-corrected chi connectivity index (χ4v) is 3.39. The van der Waals surface area contributed by atoms with Crippen LogP contribution < -0.4 is 10.0 Å². The van der Waals surface area contributed by atoms with Crippen molar-refractivity contribution in [2.24, 2.45) is 5.92 Å². The van der Waals surface area contributed by atoms with Crippen LogP contribution in [0.15, 0.2) is 29.2 Å². The smallest absolute Gasteiger partial charge is 0.324 e. The predicted molar refractivity (Wildman–Crippen MR) is 93.2 cm³/mol. The Balaban J connectivity index is 2.81. The van der Waals surface area contributed by atoms with Crippen molar-refractivity contribution < 1.29 is 22.7 Å². The van der Waals surface area contributed by atoms with Crippen LogP contribution in [0.4, 0.5) is 0 Å². The minimum atomic E-state index is -3.99. The number of nitrogens with one attached hydrogen (secondary N) is 2. The highest BCUT2D eigenvalue weighted by molar-refractivity contribution is 7.89. The van der Waals surface area contributed by atoms with Gasteiger partial charge in [-0.15, -0.1) is 6.42 Å². The Bertz CT molecular complexity index is 771. The summed E-state index contributed by atoms with van der Waals surface area (Å²) in [7, 11) is -3.99. The molecule has 0 aromatic heterocycles. The van der Waals surface area contributed by atoms with Crippen LogP contribution in [0.1, 0.15) is 13.8 Å². The molecule has 0 aliphatic carbocycles. The molecule has 25 heavy (non-hydrogen) atoms. The molecule has 0 saturated carbocycles. The number of amides is 1. The molecular weight excluding hydrogens is 368 g/mol.